The summed E-state index contributed by atoms with van der Waals surface area (Å²) in [5.74, 6) is -1.65. The molecule has 1 heterocycles. The zero-order valence-electron chi connectivity index (χ0n) is 18.9. The summed E-state index contributed by atoms with van der Waals surface area (Å²) in [6.45, 7) is 2.96. The molecule has 178 valence electrons. The summed E-state index contributed by atoms with van der Waals surface area (Å²) in [6, 6.07) is 19.3. The van der Waals surface area contributed by atoms with Crippen molar-refractivity contribution in [2.24, 2.45) is 0 Å². The fourth-order valence-electron chi connectivity index (χ4n) is 3.79. The van der Waals surface area contributed by atoms with Crippen molar-refractivity contribution in [3.8, 4) is 11.3 Å². The number of alkyl halides is 3. The van der Waals surface area contributed by atoms with E-state index in [9.17, 15) is 22.8 Å². The van der Waals surface area contributed by atoms with Crippen LogP contribution in [0.5, 0.6) is 0 Å². The predicted octanol–water partition coefficient (Wildman–Crippen LogP) is 6.33. The van der Waals surface area contributed by atoms with Crippen molar-refractivity contribution in [2.75, 3.05) is 11.9 Å². The van der Waals surface area contributed by atoms with Crippen molar-refractivity contribution in [3.63, 3.8) is 0 Å². The topological polar surface area (TPSA) is 68.3 Å². The number of amides is 1. The van der Waals surface area contributed by atoms with Gasteiger partial charge in [0.1, 0.15) is 0 Å². The standard InChI is InChI=1S/C27H21F3N2O3/c1-16-11-13-18(14-12-16)25-17(2)24(19-7-3-5-9-21(19)32-25)26(34)35-15-23(33)31-22-10-6-4-8-20(22)27(28,29)30/h3-14H,15H2,1-2H3,(H,31,33). The lowest BCUT2D eigenvalue weighted by Crippen LogP contribution is -2.23. The Hall–Kier alpha value is -4.20. The maximum Gasteiger partial charge on any atom is 0.418 e. The first kappa shape index (κ1) is 23.9. The van der Waals surface area contributed by atoms with Crippen LogP contribution in [0.15, 0.2) is 72.8 Å². The minimum atomic E-state index is -4.64. The number of hydrogen-bond acceptors (Lipinski definition) is 4. The van der Waals surface area contributed by atoms with Crippen molar-refractivity contribution >= 4 is 28.5 Å². The number of halogens is 3. The van der Waals surface area contributed by atoms with E-state index < -0.39 is 35.9 Å². The van der Waals surface area contributed by atoms with Gasteiger partial charge in [0.05, 0.1) is 28.0 Å². The van der Waals surface area contributed by atoms with Gasteiger partial charge in [0.25, 0.3) is 5.91 Å². The van der Waals surface area contributed by atoms with Gasteiger partial charge in [-0.15, -0.1) is 0 Å². The zero-order valence-corrected chi connectivity index (χ0v) is 18.9. The Kier molecular flexibility index (Phi) is 6.55. The largest absolute Gasteiger partial charge is 0.452 e. The molecule has 0 fully saturated rings. The fraction of sp³-hybridized carbons (Fsp3) is 0.148. The lowest BCUT2D eigenvalue weighted by molar-refractivity contribution is -0.137. The Bertz CT molecular complexity index is 1410. The van der Waals surface area contributed by atoms with Crippen molar-refractivity contribution in [2.45, 2.75) is 20.0 Å². The number of benzene rings is 3. The van der Waals surface area contributed by atoms with Gasteiger partial charge in [-0.3, -0.25) is 4.79 Å². The van der Waals surface area contributed by atoms with Crippen LogP contribution in [-0.4, -0.2) is 23.5 Å². The maximum atomic E-state index is 13.2. The molecule has 0 unspecified atom stereocenters. The van der Waals surface area contributed by atoms with Gasteiger partial charge in [-0.1, -0.05) is 60.2 Å². The zero-order chi connectivity index (χ0) is 25.2. The monoisotopic (exact) mass is 478 g/mol. The van der Waals surface area contributed by atoms with Gasteiger partial charge in [-0.2, -0.15) is 13.2 Å². The Morgan fingerprint density at radius 1 is 0.914 bits per heavy atom. The highest BCUT2D eigenvalue weighted by Crippen LogP contribution is 2.34. The van der Waals surface area contributed by atoms with Gasteiger partial charge in [0.15, 0.2) is 6.61 Å². The number of nitrogens with one attached hydrogen (secondary N) is 1. The van der Waals surface area contributed by atoms with E-state index in [0.29, 0.717) is 22.2 Å². The molecule has 5 nitrogen and oxygen atoms in total. The average Bonchev–Trinajstić information content (AvgIpc) is 2.82. The first-order valence-electron chi connectivity index (χ1n) is 10.7. The molecule has 1 aromatic heterocycles. The van der Waals surface area contributed by atoms with E-state index in [4.69, 9.17) is 9.72 Å². The SMILES string of the molecule is Cc1ccc(-c2nc3ccccc3c(C(=O)OCC(=O)Nc3ccccc3C(F)(F)F)c2C)cc1. The van der Waals surface area contributed by atoms with E-state index >= 15 is 0 Å². The van der Waals surface area contributed by atoms with Crippen molar-refractivity contribution in [1.82, 2.24) is 4.98 Å². The number of nitrogens with zero attached hydrogens (tertiary/aromatic N) is 1. The molecule has 8 heteroatoms. The van der Waals surface area contributed by atoms with Crippen LogP contribution in [0, 0.1) is 13.8 Å². The third-order valence-electron chi connectivity index (χ3n) is 5.51. The van der Waals surface area contributed by atoms with E-state index in [0.717, 1.165) is 23.3 Å². The lowest BCUT2D eigenvalue weighted by Gasteiger charge is -2.15. The summed E-state index contributed by atoms with van der Waals surface area (Å²) in [7, 11) is 0. The van der Waals surface area contributed by atoms with Crippen LogP contribution in [0.2, 0.25) is 0 Å². The number of aryl methyl sites for hydroxylation is 1. The number of carbonyl (C=O) groups is 2. The third kappa shape index (κ3) is 5.16. The Balaban J connectivity index is 1.60. The predicted molar refractivity (Wildman–Crippen MR) is 127 cm³/mol. The number of para-hydroxylation sites is 2. The summed E-state index contributed by atoms with van der Waals surface area (Å²) in [6.07, 6.45) is -4.64. The molecule has 3 aromatic carbocycles. The summed E-state index contributed by atoms with van der Waals surface area (Å²) in [5.41, 5.74) is 2.48. The van der Waals surface area contributed by atoms with Crippen LogP contribution in [-0.2, 0) is 15.7 Å². The second-order valence-corrected chi connectivity index (χ2v) is 8.01. The van der Waals surface area contributed by atoms with Gasteiger partial charge in [-0.25, -0.2) is 9.78 Å². The van der Waals surface area contributed by atoms with Crippen LogP contribution >= 0.6 is 0 Å². The van der Waals surface area contributed by atoms with Crippen LogP contribution in [0.25, 0.3) is 22.2 Å². The number of hydrogen-bond donors (Lipinski definition) is 1. The number of rotatable bonds is 5. The molecule has 0 aliphatic rings. The highest BCUT2D eigenvalue weighted by atomic mass is 19.4. The van der Waals surface area contributed by atoms with Crippen LogP contribution < -0.4 is 5.32 Å². The number of esters is 1. The van der Waals surface area contributed by atoms with Crippen LogP contribution in [0.1, 0.15) is 27.0 Å². The third-order valence-corrected chi connectivity index (χ3v) is 5.51. The normalized spacial score (nSPS) is 11.3. The molecule has 0 aliphatic heterocycles. The van der Waals surface area contributed by atoms with E-state index in [1.807, 2.05) is 31.2 Å². The molecule has 1 N–H and O–H groups in total. The second-order valence-electron chi connectivity index (χ2n) is 8.01. The minimum absolute atomic E-state index is 0.245. The lowest BCUT2D eigenvalue weighted by atomic mass is 9.97. The summed E-state index contributed by atoms with van der Waals surface area (Å²) in [4.78, 5) is 30.1. The summed E-state index contributed by atoms with van der Waals surface area (Å²) >= 11 is 0. The van der Waals surface area contributed by atoms with E-state index in [2.05, 4.69) is 5.32 Å². The van der Waals surface area contributed by atoms with Crippen LogP contribution in [0.4, 0.5) is 18.9 Å². The van der Waals surface area contributed by atoms with Gasteiger partial charge in [0.2, 0.25) is 0 Å². The van der Waals surface area contributed by atoms with Crippen molar-refractivity contribution in [1.29, 1.82) is 0 Å². The Morgan fingerprint density at radius 2 is 1.57 bits per heavy atom. The fourth-order valence-corrected chi connectivity index (χ4v) is 3.79. The van der Waals surface area contributed by atoms with Gasteiger partial charge in [0, 0.05) is 10.9 Å². The molecule has 35 heavy (non-hydrogen) atoms. The molecule has 0 aliphatic carbocycles. The molecule has 1 amide bonds. The van der Waals surface area contributed by atoms with E-state index in [-0.39, 0.29) is 5.56 Å². The highest BCUT2D eigenvalue weighted by Gasteiger charge is 2.33. The quantitative estimate of drug-likeness (QED) is 0.340. The van der Waals surface area contributed by atoms with Gasteiger partial charge >= 0.3 is 12.1 Å². The van der Waals surface area contributed by atoms with Crippen molar-refractivity contribution in [3.05, 3.63) is 95.1 Å². The molecular weight excluding hydrogens is 457 g/mol. The number of fused-ring (bicyclic) bond motifs is 1. The Morgan fingerprint density at radius 3 is 2.29 bits per heavy atom. The highest BCUT2D eigenvalue weighted by molar-refractivity contribution is 6.07. The van der Waals surface area contributed by atoms with Gasteiger partial charge in [-0.05, 0) is 37.6 Å². The number of anilines is 1. The molecule has 0 saturated heterocycles. The first-order chi connectivity index (χ1) is 16.6. The first-order valence-corrected chi connectivity index (χ1v) is 10.7. The molecule has 0 radical (unpaired) electrons. The molecular formula is C27H21F3N2O3. The molecule has 0 atom stereocenters. The van der Waals surface area contributed by atoms with Crippen LogP contribution in [0.3, 0.4) is 0 Å². The maximum absolute atomic E-state index is 13.2. The number of carbonyl (C=O) groups excluding carboxylic acids is 2. The molecule has 0 spiro atoms. The molecule has 0 bridgehead atoms. The molecule has 0 saturated carbocycles. The number of pyridine rings is 1. The summed E-state index contributed by atoms with van der Waals surface area (Å²) < 4.78 is 44.8. The van der Waals surface area contributed by atoms with Crippen molar-refractivity contribution < 1.29 is 27.5 Å². The second kappa shape index (κ2) is 9.58. The number of aromatic nitrogens is 1. The minimum Gasteiger partial charge on any atom is -0.452 e. The summed E-state index contributed by atoms with van der Waals surface area (Å²) in [5, 5.41) is 2.72. The molecule has 4 rings (SSSR count). The van der Waals surface area contributed by atoms with E-state index in [1.165, 1.54) is 12.1 Å². The number of ether oxygens (including phenoxy) is 1. The van der Waals surface area contributed by atoms with E-state index in [1.54, 1.807) is 31.2 Å². The average molecular weight is 478 g/mol. The smallest absolute Gasteiger partial charge is 0.418 e. The molecule has 4 aromatic rings. The Labute approximate surface area is 199 Å². The van der Waals surface area contributed by atoms with Gasteiger partial charge < -0.3 is 10.1 Å².